The number of hydrogen-bond donors (Lipinski definition) is 0. The number of carbonyl (C=O) groups excluding carboxylic acids is 1. The summed E-state index contributed by atoms with van der Waals surface area (Å²) >= 11 is 0. The maximum Gasteiger partial charge on any atom is 0.151 e. The molecule has 2 heterocycles. The fourth-order valence-corrected chi connectivity index (χ4v) is 2.41. The van der Waals surface area contributed by atoms with Gasteiger partial charge in [-0.25, -0.2) is 0 Å². The average Bonchev–Trinajstić information content (AvgIpc) is 2.55. The Hall–Kier alpha value is -1.09. The normalized spacial score (nSPS) is 21.6. The Kier molecular flexibility index (Phi) is 2.91. The molecule has 1 unspecified atom stereocenters. The molecule has 0 N–H and O–H groups in total. The number of rotatable bonds is 2. The first-order valence-corrected chi connectivity index (χ1v) is 5.45. The lowest BCUT2D eigenvalue weighted by Crippen LogP contribution is -2.22. The molecule has 15 heavy (non-hydrogen) atoms. The van der Waals surface area contributed by atoms with Crippen LogP contribution >= 0.6 is 0 Å². The highest BCUT2D eigenvalue weighted by Gasteiger charge is 2.20. The third-order valence-corrected chi connectivity index (χ3v) is 3.15. The quantitative estimate of drug-likeness (QED) is 0.697. The largest absolute Gasteiger partial charge is 0.379 e. The molecule has 0 saturated carbocycles. The standard InChI is InChI=1S/C12H17NO2/c1-9-6-11(7-14)10(2)13(9)12-4-3-5-15-8-12/h6-7,12H,3-5,8H2,1-2H3. The third kappa shape index (κ3) is 1.84. The van der Waals surface area contributed by atoms with E-state index in [0.29, 0.717) is 6.04 Å². The van der Waals surface area contributed by atoms with Crippen molar-refractivity contribution in [3.63, 3.8) is 0 Å². The van der Waals surface area contributed by atoms with Gasteiger partial charge in [0.05, 0.1) is 12.6 Å². The van der Waals surface area contributed by atoms with Crippen LogP contribution in [0.4, 0.5) is 0 Å². The van der Waals surface area contributed by atoms with E-state index in [1.807, 2.05) is 13.0 Å². The van der Waals surface area contributed by atoms with Crippen LogP contribution in [0.25, 0.3) is 0 Å². The minimum absolute atomic E-state index is 0.410. The second-order valence-electron chi connectivity index (χ2n) is 4.19. The summed E-state index contributed by atoms with van der Waals surface area (Å²) in [5.74, 6) is 0. The third-order valence-electron chi connectivity index (χ3n) is 3.15. The summed E-state index contributed by atoms with van der Waals surface area (Å²) in [5, 5.41) is 0. The highest BCUT2D eigenvalue weighted by molar-refractivity contribution is 5.77. The summed E-state index contributed by atoms with van der Waals surface area (Å²) < 4.78 is 7.72. The highest BCUT2D eigenvalue weighted by Crippen LogP contribution is 2.25. The minimum atomic E-state index is 0.410. The zero-order chi connectivity index (χ0) is 10.8. The summed E-state index contributed by atoms with van der Waals surface area (Å²) in [6.45, 7) is 5.70. The Labute approximate surface area is 90.0 Å². The first kappa shape index (κ1) is 10.4. The second kappa shape index (κ2) is 4.19. The van der Waals surface area contributed by atoms with E-state index in [9.17, 15) is 4.79 Å². The molecule has 2 rings (SSSR count). The van der Waals surface area contributed by atoms with Gasteiger partial charge in [-0.3, -0.25) is 4.79 Å². The van der Waals surface area contributed by atoms with Gasteiger partial charge in [0.2, 0.25) is 0 Å². The number of carbonyl (C=O) groups is 1. The zero-order valence-corrected chi connectivity index (χ0v) is 9.32. The molecule has 1 fully saturated rings. The van der Waals surface area contributed by atoms with Crippen LogP contribution in [-0.2, 0) is 4.74 Å². The van der Waals surface area contributed by atoms with Crippen molar-refractivity contribution in [1.82, 2.24) is 4.57 Å². The lowest BCUT2D eigenvalue weighted by Gasteiger charge is -2.26. The van der Waals surface area contributed by atoms with Crippen LogP contribution in [0.1, 0.15) is 40.6 Å². The summed E-state index contributed by atoms with van der Waals surface area (Å²) in [5.41, 5.74) is 3.03. The van der Waals surface area contributed by atoms with Crippen molar-refractivity contribution in [3.8, 4) is 0 Å². The van der Waals surface area contributed by atoms with Crippen LogP contribution in [0.3, 0.4) is 0 Å². The van der Waals surface area contributed by atoms with Crippen LogP contribution in [0.5, 0.6) is 0 Å². The van der Waals surface area contributed by atoms with Crippen molar-refractivity contribution in [1.29, 1.82) is 0 Å². The molecule has 0 amide bonds. The Morgan fingerprint density at radius 1 is 1.53 bits per heavy atom. The molecule has 1 atom stereocenters. The summed E-state index contributed by atoms with van der Waals surface area (Å²) in [6.07, 6.45) is 3.19. The molecule has 0 spiro atoms. The Morgan fingerprint density at radius 2 is 2.33 bits per heavy atom. The van der Waals surface area contributed by atoms with Crippen LogP contribution < -0.4 is 0 Å². The lowest BCUT2D eigenvalue weighted by atomic mass is 10.1. The van der Waals surface area contributed by atoms with E-state index in [1.54, 1.807) is 0 Å². The van der Waals surface area contributed by atoms with Crippen molar-refractivity contribution in [2.45, 2.75) is 32.7 Å². The van der Waals surface area contributed by atoms with E-state index in [1.165, 1.54) is 0 Å². The molecule has 0 aromatic carbocycles. The summed E-state index contributed by atoms with van der Waals surface area (Å²) in [4.78, 5) is 10.8. The number of aryl methyl sites for hydroxylation is 1. The van der Waals surface area contributed by atoms with Gasteiger partial charge in [0.1, 0.15) is 0 Å². The molecule has 1 aliphatic heterocycles. The predicted octanol–water partition coefficient (Wildman–Crippen LogP) is 2.27. The fourth-order valence-electron chi connectivity index (χ4n) is 2.41. The van der Waals surface area contributed by atoms with Crippen molar-refractivity contribution in [2.24, 2.45) is 0 Å². The molecular formula is C12H17NO2. The van der Waals surface area contributed by atoms with Gasteiger partial charge in [0.25, 0.3) is 0 Å². The van der Waals surface area contributed by atoms with Crippen LogP contribution in [0, 0.1) is 13.8 Å². The van der Waals surface area contributed by atoms with Gasteiger partial charge < -0.3 is 9.30 Å². The van der Waals surface area contributed by atoms with Gasteiger partial charge >= 0.3 is 0 Å². The van der Waals surface area contributed by atoms with E-state index in [4.69, 9.17) is 4.74 Å². The fraction of sp³-hybridized carbons (Fsp3) is 0.583. The molecule has 1 aromatic heterocycles. The topological polar surface area (TPSA) is 31.2 Å². The summed E-state index contributed by atoms with van der Waals surface area (Å²) in [7, 11) is 0. The molecular weight excluding hydrogens is 190 g/mol. The van der Waals surface area contributed by atoms with Gasteiger partial charge in [0, 0.05) is 23.6 Å². The van der Waals surface area contributed by atoms with Gasteiger partial charge in [-0.1, -0.05) is 0 Å². The monoisotopic (exact) mass is 207 g/mol. The van der Waals surface area contributed by atoms with E-state index in [2.05, 4.69) is 11.5 Å². The van der Waals surface area contributed by atoms with E-state index in [-0.39, 0.29) is 0 Å². The molecule has 0 bridgehead atoms. The van der Waals surface area contributed by atoms with Crippen LogP contribution in [-0.4, -0.2) is 24.1 Å². The molecule has 0 aliphatic carbocycles. The Balaban J connectivity index is 2.33. The zero-order valence-electron chi connectivity index (χ0n) is 9.32. The van der Waals surface area contributed by atoms with Crippen molar-refractivity contribution >= 4 is 6.29 Å². The van der Waals surface area contributed by atoms with E-state index in [0.717, 1.165) is 49.3 Å². The molecule has 1 saturated heterocycles. The van der Waals surface area contributed by atoms with Gasteiger partial charge in [0.15, 0.2) is 6.29 Å². The van der Waals surface area contributed by atoms with E-state index < -0.39 is 0 Å². The first-order chi connectivity index (χ1) is 7.24. The highest BCUT2D eigenvalue weighted by atomic mass is 16.5. The van der Waals surface area contributed by atoms with Crippen LogP contribution in [0.2, 0.25) is 0 Å². The van der Waals surface area contributed by atoms with Crippen molar-refractivity contribution < 1.29 is 9.53 Å². The molecule has 82 valence electrons. The van der Waals surface area contributed by atoms with Gasteiger partial charge in [-0.2, -0.15) is 0 Å². The Morgan fingerprint density at radius 3 is 2.87 bits per heavy atom. The number of aromatic nitrogens is 1. The maximum absolute atomic E-state index is 10.8. The summed E-state index contributed by atoms with van der Waals surface area (Å²) in [6, 6.07) is 2.36. The smallest absolute Gasteiger partial charge is 0.151 e. The molecule has 1 aliphatic rings. The predicted molar refractivity (Wildman–Crippen MR) is 58.4 cm³/mol. The lowest BCUT2D eigenvalue weighted by molar-refractivity contribution is 0.0580. The number of hydrogen-bond acceptors (Lipinski definition) is 2. The van der Waals surface area contributed by atoms with Gasteiger partial charge in [-0.05, 0) is 32.8 Å². The second-order valence-corrected chi connectivity index (χ2v) is 4.19. The number of ether oxygens (including phenoxy) is 1. The number of nitrogens with zero attached hydrogens (tertiary/aromatic N) is 1. The molecule has 3 heteroatoms. The Bertz CT molecular complexity index is 362. The minimum Gasteiger partial charge on any atom is -0.379 e. The average molecular weight is 207 g/mol. The SMILES string of the molecule is Cc1cc(C=O)c(C)n1C1CCCOC1. The van der Waals surface area contributed by atoms with Crippen LogP contribution in [0.15, 0.2) is 6.07 Å². The van der Waals surface area contributed by atoms with E-state index >= 15 is 0 Å². The maximum atomic E-state index is 10.8. The first-order valence-electron chi connectivity index (χ1n) is 5.45. The van der Waals surface area contributed by atoms with Crippen molar-refractivity contribution in [3.05, 3.63) is 23.0 Å². The molecule has 1 aromatic rings. The van der Waals surface area contributed by atoms with Crippen molar-refractivity contribution in [2.75, 3.05) is 13.2 Å². The van der Waals surface area contributed by atoms with Gasteiger partial charge in [-0.15, -0.1) is 0 Å². The molecule has 0 radical (unpaired) electrons. The molecule has 3 nitrogen and oxygen atoms in total. The number of aldehydes is 1.